The number of methoxy groups -OCH3 is 1. The number of Topliss-reactive ketones (excluding diaryl/α,β-unsaturated/α-hetero) is 1. The first-order valence-corrected chi connectivity index (χ1v) is 7.91. The fourth-order valence-corrected chi connectivity index (χ4v) is 2.14. The van der Waals surface area contributed by atoms with Crippen molar-refractivity contribution in [2.24, 2.45) is 0 Å². The highest BCUT2D eigenvalue weighted by Gasteiger charge is 2.12. The molecule has 26 heavy (non-hydrogen) atoms. The minimum Gasteiger partial charge on any atom is -0.493 e. The minimum atomic E-state index is -0.694. The molecule has 0 heterocycles. The molecule has 0 unspecified atom stereocenters. The predicted molar refractivity (Wildman–Crippen MR) is 94.9 cm³/mol. The molecule has 0 aliphatic carbocycles. The monoisotopic (exact) mass is 358 g/mol. The summed E-state index contributed by atoms with van der Waals surface area (Å²) in [6, 6.07) is 10.3. The fourth-order valence-electron chi connectivity index (χ4n) is 2.14. The van der Waals surface area contributed by atoms with Crippen LogP contribution in [0.2, 0.25) is 0 Å². The predicted octanol–water partition coefficient (Wildman–Crippen LogP) is 3.67. The molecular weight excluding hydrogens is 339 g/mol. The largest absolute Gasteiger partial charge is 0.493 e. The maximum atomic E-state index is 12.8. The first kappa shape index (κ1) is 19.2. The van der Waals surface area contributed by atoms with Crippen molar-refractivity contribution in [3.05, 3.63) is 65.5 Å². The van der Waals surface area contributed by atoms with Crippen LogP contribution in [0.25, 0.3) is 6.08 Å². The van der Waals surface area contributed by atoms with Gasteiger partial charge in [-0.05, 0) is 48.9 Å². The topological polar surface area (TPSA) is 61.8 Å². The zero-order valence-corrected chi connectivity index (χ0v) is 14.5. The summed E-state index contributed by atoms with van der Waals surface area (Å²) in [5, 5.41) is 0. The van der Waals surface area contributed by atoms with Crippen LogP contribution in [-0.2, 0) is 9.53 Å². The number of allylic oxidation sites excluding steroid dienone is 1. The molecule has 0 spiro atoms. The number of halogens is 1. The van der Waals surface area contributed by atoms with Crippen molar-refractivity contribution >= 4 is 17.8 Å². The van der Waals surface area contributed by atoms with Crippen molar-refractivity contribution in [2.75, 3.05) is 20.3 Å². The summed E-state index contributed by atoms with van der Waals surface area (Å²) in [6.07, 6.45) is 3.80. The molecule has 0 bridgehead atoms. The number of hydrogen-bond donors (Lipinski definition) is 0. The van der Waals surface area contributed by atoms with E-state index in [1.165, 1.54) is 31.4 Å². The number of rotatable bonds is 8. The molecule has 2 aromatic carbocycles. The Morgan fingerprint density at radius 3 is 2.42 bits per heavy atom. The Morgan fingerprint density at radius 2 is 1.77 bits per heavy atom. The normalized spacial score (nSPS) is 10.6. The second-order valence-corrected chi connectivity index (χ2v) is 5.29. The number of carbonyl (C=O) groups excluding carboxylic acids is 2. The van der Waals surface area contributed by atoms with Crippen LogP contribution in [0.15, 0.2) is 48.5 Å². The minimum absolute atomic E-state index is 0.265. The zero-order valence-electron chi connectivity index (χ0n) is 14.5. The van der Waals surface area contributed by atoms with Crippen molar-refractivity contribution in [1.29, 1.82) is 0 Å². The standard InChI is InChI=1S/C20H19FO5/c1-3-4-14-5-10-18(19(11-14)24-2)25-13-20(23)26-12-17(22)15-6-8-16(21)9-7-15/h3-11H,12-13H2,1-2H3/b4-3+. The summed E-state index contributed by atoms with van der Waals surface area (Å²) in [6.45, 7) is 1.10. The number of carbonyl (C=O) groups is 2. The summed E-state index contributed by atoms with van der Waals surface area (Å²) in [7, 11) is 1.50. The quantitative estimate of drug-likeness (QED) is 0.532. The molecule has 0 aliphatic rings. The lowest BCUT2D eigenvalue weighted by molar-refractivity contribution is -0.144. The number of ether oxygens (including phenoxy) is 3. The molecule has 6 heteroatoms. The van der Waals surface area contributed by atoms with Gasteiger partial charge in [-0.15, -0.1) is 0 Å². The number of hydrogen-bond acceptors (Lipinski definition) is 5. The SMILES string of the molecule is C/C=C/c1ccc(OCC(=O)OCC(=O)c2ccc(F)cc2)c(OC)c1. The highest BCUT2D eigenvalue weighted by atomic mass is 19.1. The first-order chi connectivity index (χ1) is 12.5. The van der Waals surface area contributed by atoms with Crippen LogP contribution >= 0.6 is 0 Å². The summed E-state index contributed by atoms with van der Waals surface area (Å²) in [5.41, 5.74) is 1.20. The van der Waals surface area contributed by atoms with Gasteiger partial charge in [0.15, 0.2) is 30.5 Å². The van der Waals surface area contributed by atoms with Crippen molar-refractivity contribution in [3.63, 3.8) is 0 Å². The average Bonchev–Trinajstić information content (AvgIpc) is 2.65. The Bertz CT molecular complexity index is 796. The molecule has 2 rings (SSSR count). The van der Waals surface area contributed by atoms with Gasteiger partial charge in [-0.3, -0.25) is 4.79 Å². The van der Waals surface area contributed by atoms with Crippen LogP contribution in [0.5, 0.6) is 11.5 Å². The van der Waals surface area contributed by atoms with Gasteiger partial charge in [0.2, 0.25) is 0 Å². The molecule has 2 aromatic rings. The van der Waals surface area contributed by atoms with Gasteiger partial charge in [0, 0.05) is 5.56 Å². The van der Waals surface area contributed by atoms with Gasteiger partial charge in [-0.25, -0.2) is 9.18 Å². The second-order valence-electron chi connectivity index (χ2n) is 5.29. The van der Waals surface area contributed by atoms with E-state index in [2.05, 4.69) is 0 Å². The molecule has 0 atom stereocenters. The summed E-state index contributed by atoms with van der Waals surface area (Å²) < 4.78 is 28.3. The van der Waals surface area contributed by atoms with Crippen molar-refractivity contribution in [1.82, 2.24) is 0 Å². The molecule has 0 amide bonds. The molecule has 0 radical (unpaired) electrons. The number of benzene rings is 2. The van der Waals surface area contributed by atoms with Crippen molar-refractivity contribution in [3.8, 4) is 11.5 Å². The fraction of sp³-hybridized carbons (Fsp3) is 0.200. The van der Waals surface area contributed by atoms with Crippen LogP contribution in [0.3, 0.4) is 0 Å². The lowest BCUT2D eigenvalue weighted by Gasteiger charge is -2.11. The highest BCUT2D eigenvalue weighted by Crippen LogP contribution is 2.28. The van der Waals surface area contributed by atoms with Crippen LogP contribution < -0.4 is 9.47 Å². The van der Waals surface area contributed by atoms with Crippen LogP contribution in [0.1, 0.15) is 22.8 Å². The van der Waals surface area contributed by atoms with E-state index < -0.39 is 24.2 Å². The molecule has 0 aromatic heterocycles. The Hall–Kier alpha value is -3.15. The van der Waals surface area contributed by atoms with Crippen molar-refractivity contribution in [2.45, 2.75) is 6.92 Å². The third-order valence-corrected chi connectivity index (χ3v) is 3.42. The third-order valence-electron chi connectivity index (χ3n) is 3.42. The van der Waals surface area contributed by atoms with E-state index >= 15 is 0 Å². The van der Waals surface area contributed by atoms with Gasteiger partial charge in [-0.1, -0.05) is 18.2 Å². The molecular formula is C20H19FO5. The van der Waals surface area contributed by atoms with E-state index in [4.69, 9.17) is 14.2 Å². The molecule has 136 valence electrons. The van der Waals surface area contributed by atoms with E-state index in [1.807, 2.05) is 25.1 Å². The van der Waals surface area contributed by atoms with Gasteiger partial charge in [-0.2, -0.15) is 0 Å². The van der Waals surface area contributed by atoms with Gasteiger partial charge < -0.3 is 14.2 Å². The lowest BCUT2D eigenvalue weighted by atomic mass is 10.1. The lowest BCUT2D eigenvalue weighted by Crippen LogP contribution is -2.19. The molecule has 0 saturated heterocycles. The van der Waals surface area contributed by atoms with Gasteiger partial charge >= 0.3 is 5.97 Å². The van der Waals surface area contributed by atoms with Gasteiger partial charge in [0.1, 0.15) is 5.82 Å². The molecule has 0 saturated carbocycles. The number of esters is 1. The van der Waals surface area contributed by atoms with E-state index in [-0.39, 0.29) is 12.2 Å². The Balaban J connectivity index is 1.86. The summed E-state index contributed by atoms with van der Waals surface area (Å²) >= 11 is 0. The van der Waals surface area contributed by atoms with E-state index in [9.17, 15) is 14.0 Å². The van der Waals surface area contributed by atoms with Gasteiger partial charge in [0.05, 0.1) is 7.11 Å². The molecule has 0 aliphatic heterocycles. The average molecular weight is 358 g/mol. The zero-order chi connectivity index (χ0) is 18.9. The molecule has 0 fully saturated rings. The van der Waals surface area contributed by atoms with E-state index in [1.54, 1.807) is 12.1 Å². The van der Waals surface area contributed by atoms with Crippen LogP contribution in [0, 0.1) is 5.82 Å². The first-order valence-electron chi connectivity index (χ1n) is 7.91. The molecule has 5 nitrogen and oxygen atoms in total. The third kappa shape index (κ3) is 5.44. The maximum Gasteiger partial charge on any atom is 0.344 e. The Labute approximate surface area is 151 Å². The van der Waals surface area contributed by atoms with Crippen molar-refractivity contribution < 1.29 is 28.2 Å². The van der Waals surface area contributed by atoms with Crippen LogP contribution in [0.4, 0.5) is 4.39 Å². The van der Waals surface area contributed by atoms with Crippen LogP contribution in [-0.4, -0.2) is 32.1 Å². The molecule has 0 N–H and O–H groups in total. The summed E-state index contributed by atoms with van der Waals surface area (Å²) in [4.78, 5) is 23.6. The second kappa shape index (κ2) is 9.36. The van der Waals surface area contributed by atoms with E-state index in [0.29, 0.717) is 11.5 Å². The maximum absolute atomic E-state index is 12.8. The summed E-state index contributed by atoms with van der Waals surface area (Å²) in [5.74, 6) is -0.689. The smallest absolute Gasteiger partial charge is 0.344 e. The highest BCUT2D eigenvalue weighted by molar-refractivity contribution is 5.97. The Morgan fingerprint density at radius 1 is 1.04 bits per heavy atom. The number of ketones is 1. The Kier molecular flexibility index (Phi) is 6.91. The van der Waals surface area contributed by atoms with E-state index in [0.717, 1.165) is 5.56 Å². The van der Waals surface area contributed by atoms with Gasteiger partial charge in [0.25, 0.3) is 0 Å².